The molecule has 0 spiro atoms. The summed E-state index contributed by atoms with van der Waals surface area (Å²) in [4.78, 5) is 16.3. The van der Waals surface area contributed by atoms with E-state index in [9.17, 15) is 4.79 Å². The van der Waals surface area contributed by atoms with Crippen molar-refractivity contribution in [3.05, 3.63) is 71.1 Å². The molecule has 2 aromatic carbocycles. The second-order valence-electron chi connectivity index (χ2n) is 4.49. The van der Waals surface area contributed by atoms with E-state index in [0.29, 0.717) is 22.3 Å². The Bertz CT molecular complexity index is 769. The van der Waals surface area contributed by atoms with Crippen molar-refractivity contribution in [3.8, 4) is 11.4 Å². The highest BCUT2D eigenvalue weighted by atomic mass is 35.5. The van der Waals surface area contributed by atoms with Crippen LogP contribution in [-0.2, 0) is 6.42 Å². The van der Waals surface area contributed by atoms with Gasteiger partial charge in [0.2, 0.25) is 11.7 Å². The molecule has 0 saturated heterocycles. The Morgan fingerprint density at radius 2 is 1.90 bits per heavy atom. The van der Waals surface area contributed by atoms with Crippen LogP contribution in [0.15, 0.2) is 59.1 Å². The Morgan fingerprint density at radius 1 is 1.10 bits per heavy atom. The predicted octanol–water partition coefficient (Wildman–Crippen LogP) is 3.82. The van der Waals surface area contributed by atoms with Crippen LogP contribution in [0.4, 0.5) is 0 Å². The van der Waals surface area contributed by atoms with E-state index < -0.39 is 0 Å². The molecule has 5 heteroatoms. The lowest BCUT2D eigenvalue weighted by atomic mass is 10.1. The van der Waals surface area contributed by atoms with Crippen molar-refractivity contribution in [2.45, 2.75) is 6.42 Å². The van der Waals surface area contributed by atoms with Gasteiger partial charge in [-0.2, -0.15) is 4.98 Å². The fraction of sp³-hybridized carbons (Fsp3) is 0.0625. The highest BCUT2D eigenvalue weighted by molar-refractivity contribution is 6.30. The molecule has 3 rings (SSSR count). The maximum Gasteiger partial charge on any atom is 0.234 e. The number of hydrogen-bond donors (Lipinski definition) is 0. The minimum Gasteiger partial charge on any atom is -0.338 e. The number of aromatic nitrogens is 2. The number of Topliss-reactive ketones (excluding diaryl/α,β-unsaturated/α-hetero) is 1. The summed E-state index contributed by atoms with van der Waals surface area (Å²) >= 11 is 5.93. The zero-order valence-corrected chi connectivity index (χ0v) is 11.7. The second-order valence-corrected chi connectivity index (χ2v) is 4.92. The van der Waals surface area contributed by atoms with Gasteiger partial charge in [0, 0.05) is 16.1 Å². The van der Waals surface area contributed by atoms with E-state index in [1.807, 2.05) is 30.3 Å². The zero-order valence-electron chi connectivity index (χ0n) is 11.0. The normalized spacial score (nSPS) is 10.5. The lowest BCUT2D eigenvalue weighted by Gasteiger charge is -1.96. The first-order chi connectivity index (χ1) is 10.2. The van der Waals surface area contributed by atoms with Gasteiger partial charge in [0.15, 0.2) is 5.78 Å². The van der Waals surface area contributed by atoms with Gasteiger partial charge in [-0.05, 0) is 12.1 Å². The maximum atomic E-state index is 12.1. The van der Waals surface area contributed by atoms with Crippen molar-refractivity contribution in [1.82, 2.24) is 10.1 Å². The van der Waals surface area contributed by atoms with Crippen LogP contribution in [0.25, 0.3) is 11.4 Å². The van der Waals surface area contributed by atoms with Crippen LogP contribution in [0.1, 0.15) is 16.2 Å². The van der Waals surface area contributed by atoms with Crippen molar-refractivity contribution in [1.29, 1.82) is 0 Å². The third kappa shape index (κ3) is 3.17. The minimum absolute atomic E-state index is 0.0584. The van der Waals surface area contributed by atoms with E-state index in [1.165, 1.54) is 0 Å². The van der Waals surface area contributed by atoms with Crippen LogP contribution in [0.3, 0.4) is 0 Å². The lowest BCUT2D eigenvalue weighted by Crippen LogP contribution is -2.03. The molecular weight excluding hydrogens is 288 g/mol. The Balaban J connectivity index is 1.78. The molecule has 0 aliphatic carbocycles. The third-order valence-corrected chi connectivity index (χ3v) is 3.19. The van der Waals surface area contributed by atoms with Crippen molar-refractivity contribution >= 4 is 17.4 Å². The van der Waals surface area contributed by atoms with Gasteiger partial charge in [0.05, 0.1) is 6.42 Å². The van der Waals surface area contributed by atoms with Crippen LogP contribution in [0, 0.1) is 0 Å². The van der Waals surface area contributed by atoms with E-state index in [2.05, 4.69) is 10.1 Å². The van der Waals surface area contributed by atoms with Crippen LogP contribution in [0.2, 0.25) is 5.02 Å². The van der Waals surface area contributed by atoms with Gasteiger partial charge < -0.3 is 4.52 Å². The molecule has 4 nitrogen and oxygen atoms in total. The topological polar surface area (TPSA) is 56.0 Å². The zero-order chi connectivity index (χ0) is 14.7. The molecule has 0 atom stereocenters. The number of nitrogens with zero attached hydrogens (tertiary/aromatic N) is 2. The number of rotatable bonds is 4. The van der Waals surface area contributed by atoms with E-state index in [0.717, 1.165) is 5.56 Å². The summed E-state index contributed by atoms with van der Waals surface area (Å²) in [6.45, 7) is 0. The average Bonchev–Trinajstić information content (AvgIpc) is 2.97. The Labute approximate surface area is 126 Å². The molecule has 0 amide bonds. The smallest absolute Gasteiger partial charge is 0.234 e. The first-order valence-electron chi connectivity index (χ1n) is 6.39. The van der Waals surface area contributed by atoms with Crippen molar-refractivity contribution in [2.75, 3.05) is 0 Å². The molecule has 0 fully saturated rings. The first kappa shape index (κ1) is 13.5. The van der Waals surface area contributed by atoms with Gasteiger partial charge in [-0.3, -0.25) is 4.79 Å². The van der Waals surface area contributed by atoms with Gasteiger partial charge in [-0.25, -0.2) is 0 Å². The second kappa shape index (κ2) is 5.89. The van der Waals surface area contributed by atoms with Crippen molar-refractivity contribution in [2.24, 2.45) is 0 Å². The maximum absolute atomic E-state index is 12.1. The van der Waals surface area contributed by atoms with E-state index in [1.54, 1.807) is 24.3 Å². The van der Waals surface area contributed by atoms with Gasteiger partial charge >= 0.3 is 0 Å². The molecule has 0 radical (unpaired) electrons. The number of hydrogen-bond acceptors (Lipinski definition) is 4. The molecule has 3 aromatic rings. The molecular formula is C16H11ClN2O2. The number of benzene rings is 2. The molecule has 0 aliphatic heterocycles. The fourth-order valence-electron chi connectivity index (χ4n) is 1.93. The van der Waals surface area contributed by atoms with Crippen molar-refractivity contribution < 1.29 is 9.32 Å². The summed E-state index contributed by atoms with van der Waals surface area (Å²) in [6.07, 6.45) is 0.0809. The highest BCUT2D eigenvalue weighted by Crippen LogP contribution is 2.20. The van der Waals surface area contributed by atoms with Crippen LogP contribution in [-0.4, -0.2) is 15.9 Å². The molecule has 0 aliphatic rings. The standard InChI is InChI=1S/C16H11ClN2O2/c17-13-8-4-7-12(9-13)16-18-15(21-19-16)10-14(20)11-5-2-1-3-6-11/h1-9H,10H2. The van der Waals surface area contributed by atoms with Gasteiger partial charge in [-0.15, -0.1) is 0 Å². The van der Waals surface area contributed by atoms with E-state index >= 15 is 0 Å². The minimum atomic E-state index is -0.0584. The summed E-state index contributed by atoms with van der Waals surface area (Å²) in [5, 5.41) is 4.47. The summed E-state index contributed by atoms with van der Waals surface area (Å²) in [7, 11) is 0. The molecule has 1 aromatic heterocycles. The molecule has 0 unspecified atom stereocenters. The molecule has 0 bridgehead atoms. The van der Waals surface area contributed by atoms with E-state index in [-0.39, 0.29) is 12.2 Å². The SMILES string of the molecule is O=C(Cc1nc(-c2cccc(Cl)c2)no1)c1ccccc1. The monoisotopic (exact) mass is 298 g/mol. The third-order valence-electron chi connectivity index (χ3n) is 2.96. The number of halogens is 1. The number of carbonyl (C=O) groups is 1. The Kier molecular flexibility index (Phi) is 3.79. The average molecular weight is 299 g/mol. The largest absolute Gasteiger partial charge is 0.338 e. The molecule has 104 valence electrons. The van der Waals surface area contributed by atoms with Gasteiger partial charge in [0.1, 0.15) is 0 Å². The molecule has 1 heterocycles. The summed E-state index contributed by atoms with van der Waals surface area (Å²) in [5.41, 5.74) is 1.38. The van der Waals surface area contributed by atoms with Crippen LogP contribution in [0.5, 0.6) is 0 Å². The fourth-order valence-corrected chi connectivity index (χ4v) is 2.13. The molecule has 0 N–H and O–H groups in total. The van der Waals surface area contributed by atoms with Gasteiger partial charge in [-0.1, -0.05) is 59.2 Å². The lowest BCUT2D eigenvalue weighted by molar-refractivity contribution is 0.0983. The van der Waals surface area contributed by atoms with E-state index in [4.69, 9.17) is 16.1 Å². The van der Waals surface area contributed by atoms with Crippen molar-refractivity contribution in [3.63, 3.8) is 0 Å². The quantitative estimate of drug-likeness (QED) is 0.687. The van der Waals surface area contributed by atoms with Crippen LogP contribution < -0.4 is 0 Å². The summed E-state index contributed by atoms with van der Waals surface area (Å²) < 4.78 is 5.13. The number of ketones is 1. The summed E-state index contributed by atoms with van der Waals surface area (Å²) in [5.74, 6) is 0.657. The number of carbonyl (C=O) groups excluding carboxylic acids is 1. The summed E-state index contributed by atoms with van der Waals surface area (Å²) in [6, 6.07) is 16.2. The van der Waals surface area contributed by atoms with Crippen LogP contribution >= 0.6 is 11.6 Å². The molecule has 0 saturated carbocycles. The first-order valence-corrected chi connectivity index (χ1v) is 6.77. The molecule has 21 heavy (non-hydrogen) atoms. The Hall–Kier alpha value is -2.46. The Morgan fingerprint density at radius 3 is 2.67 bits per heavy atom. The highest BCUT2D eigenvalue weighted by Gasteiger charge is 2.14. The predicted molar refractivity (Wildman–Crippen MR) is 79.2 cm³/mol. The van der Waals surface area contributed by atoms with Gasteiger partial charge in [0.25, 0.3) is 0 Å².